The third-order valence-electron chi connectivity index (χ3n) is 4.62. The van der Waals surface area contributed by atoms with Crippen molar-refractivity contribution in [3.63, 3.8) is 0 Å². The van der Waals surface area contributed by atoms with E-state index in [2.05, 4.69) is 23.4 Å². The Bertz CT molecular complexity index is 990. The van der Waals surface area contributed by atoms with Gasteiger partial charge in [-0.15, -0.1) is 17.9 Å². The molecule has 0 aliphatic rings. The summed E-state index contributed by atoms with van der Waals surface area (Å²) in [6, 6.07) is 9.65. The monoisotopic (exact) mass is 413 g/mol. The number of nitrogens with one attached hydrogen (secondary N) is 1. The third kappa shape index (κ3) is 4.21. The van der Waals surface area contributed by atoms with Gasteiger partial charge in [0.25, 0.3) is 5.91 Å². The number of hydrogen-bond donors (Lipinski definition) is 1. The molecule has 3 aromatic rings. The normalized spacial score (nSPS) is 10.8. The molecular weight excluding hydrogens is 390 g/mol. The summed E-state index contributed by atoms with van der Waals surface area (Å²) in [7, 11) is 0. The number of rotatable bonds is 8. The van der Waals surface area contributed by atoms with Gasteiger partial charge in [-0.3, -0.25) is 4.79 Å². The van der Waals surface area contributed by atoms with Crippen molar-refractivity contribution < 1.29 is 4.79 Å². The second-order valence-corrected chi connectivity index (χ2v) is 7.82. The van der Waals surface area contributed by atoms with Crippen molar-refractivity contribution in [2.45, 2.75) is 33.2 Å². The molecule has 1 N–H and O–H groups in total. The van der Waals surface area contributed by atoms with Crippen molar-refractivity contribution in [3.05, 3.63) is 64.6 Å². The second-order valence-electron chi connectivity index (χ2n) is 6.55. The molecule has 0 atom stereocenters. The van der Waals surface area contributed by atoms with Crippen LogP contribution in [0.4, 0.5) is 0 Å². The minimum Gasteiger partial charge on any atom is -0.349 e. The van der Waals surface area contributed by atoms with Gasteiger partial charge in [0.05, 0.1) is 22.0 Å². The molecule has 0 saturated heterocycles. The Balaban J connectivity index is 2.02. The summed E-state index contributed by atoms with van der Waals surface area (Å²) in [5, 5.41) is 6.46. The minimum absolute atomic E-state index is 0.0875. The van der Waals surface area contributed by atoms with Gasteiger partial charge in [-0.05, 0) is 25.5 Å². The van der Waals surface area contributed by atoms with Gasteiger partial charge in [0.15, 0.2) is 0 Å². The number of benzene rings is 1. The van der Waals surface area contributed by atoms with E-state index in [1.54, 1.807) is 17.4 Å². The van der Waals surface area contributed by atoms with Crippen LogP contribution in [0.25, 0.3) is 22.0 Å². The Morgan fingerprint density at radius 3 is 2.89 bits per heavy atom. The van der Waals surface area contributed by atoms with E-state index in [0.29, 0.717) is 17.1 Å². The lowest BCUT2D eigenvalue weighted by atomic mass is 10.2. The van der Waals surface area contributed by atoms with Crippen LogP contribution in [-0.4, -0.2) is 22.0 Å². The molecule has 6 heteroatoms. The molecule has 0 aliphatic heterocycles. The van der Waals surface area contributed by atoms with Crippen LogP contribution < -0.4 is 5.32 Å². The van der Waals surface area contributed by atoms with Gasteiger partial charge in [0, 0.05) is 29.7 Å². The molecule has 1 aromatic carbocycles. The first-order valence-electron chi connectivity index (χ1n) is 9.36. The lowest BCUT2D eigenvalue weighted by Gasteiger charge is -2.10. The van der Waals surface area contributed by atoms with Crippen LogP contribution in [0.2, 0.25) is 5.02 Å². The van der Waals surface area contributed by atoms with Crippen LogP contribution in [-0.2, 0) is 6.54 Å². The molecule has 1 amide bonds. The fourth-order valence-electron chi connectivity index (χ4n) is 3.10. The number of amides is 1. The van der Waals surface area contributed by atoms with Gasteiger partial charge in [-0.1, -0.05) is 49.2 Å². The predicted molar refractivity (Wildman–Crippen MR) is 118 cm³/mol. The molecule has 0 radical (unpaired) electrons. The van der Waals surface area contributed by atoms with Crippen LogP contribution >= 0.6 is 22.9 Å². The highest BCUT2D eigenvalue weighted by molar-refractivity contribution is 7.13. The standard InChI is InChI=1S/C22H24ClN3OS/c1-4-6-12-26-15(3)17(21(27)24-11-5-2)13-20(26)19-14-28-22(25-19)16-9-7-8-10-18(16)23/h5,7-10,13-14H,2,4,6,11-12H2,1,3H3,(H,24,27). The van der Waals surface area contributed by atoms with Gasteiger partial charge in [-0.25, -0.2) is 4.98 Å². The zero-order valence-electron chi connectivity index (χ0n) is 16.2. The maximum Gasteiger partial charge on any atom is 0.253 e. The molecule has 28 heavy (non-hydrogen) atoms. The molecule has 0 spiro atoms. The Morgan fingerprint density at radius 1 is 1.39 bits per heavy atom. The zero-order valence-corrected chi connectivity index (χ0v) is 17.7. The highest BCUT2D eigenvalue weighted by Crippen LogP contribution is 2.34. The summed E-state index contributed by atoms with van der Waals surface area (Å²) in [6.07, 6.45) is 3.80. The van der Waals surface area contributed by atoms with E-state index in [-0.39, 0.29) is 5.91 Å². The molecular formula is C22H24ClN3OS. The predicted octanol–water partition coefficient (Wildman–Crippen LogP) is 5.96. The highest BCUT2D eigenvalue weighted by Gasteiger charge is 2.20. The number of unbranched alkanes of at least 4 members (excludes halogenated alkanes) is 1. The van der Waals surface area contributed by atoms with Crippen LogP contribution in [0, 0.1) is 6.92 Å². The fourth-order valence-corrected chi connectivity index (χ4v) is 4.24. The van der Waals surface area contributed by atoms with Crippen LogP contribution in [0.3, 0.4) is 0 Å². The van der Waals surface area contributed by atoms with E-state index in [1.165, 1.54) is 0 Å². The molecule has 146 valence electrons. The number of carbonyl (C=O) groups excluding carboxylic acids is 1. The van der Waals surface area contributed by atoms with E-state index in [9.17, 15) is 4.79 Å². The molecule has 0 saturated carbocycles. The quantitative estimate of drug-likeness (QED) is 0.463. The molecule has 3 rings (SSSR count). The van der Waals surface area contributed by atoms with E-state index in [0.717, 1.165) is 47.0 Å². The van der Waals surface area contributed by atoms with Crippen molar-refractivity contribution in [2.24, 2.45) is 0 Å². The van der Waals surface area contributed by atoms with Gasteiger partial charge in [-0.2, -0.15) is 0 Å². The van der Waals surface area contributed by atoms with Crippen molar-refractivity contribution in [3.8, 4) is 22.0 Å². The van der Waals surface area contributed by atoms with Crippen LogP contribution in [0.5, 0.6) is 0 Å². The highest BCUT2D eigenvalue weighted by atomic mass is 35.5. The molecule has 2 heterocycles. The summed E-state index contributed by atoms with van der Waals surface area (Å²) < 4.78 is 2.19. The molecule has 0 unspecified atom stereocenters. The lowest BCUT2D eigenvalue weighted by molar-refractivity contribution is 0.0957. The maximum atomic E-state index is 12.6. The van der Waals surface area contributed by atoms with E-state index in [4.69, 9.17) is 16.6 Å². The van der Waals surface area contributed by atoms with E-state index < -0.39 is 0 Å². The Hall–Kier alpha value is -2.37. The van der Waals surface area contributed by atoms with E-state index >= 15 is 0 Å². The summed E-state index contributed by atoms with van der Waals surface area (Å²) in [4.78, 5) is 17.4. The average Bonchev–Trinajstić information content (AvgIpc) is 3.30. The van der Waals surface area contributed by atoms with Crippen molar-refractivity contribution in [2.75, 3.05) is 6.54 Å². The zero-order chi connectivity index (χ0) is 20.1. The van der Waals surface area contributed by atoms with Gasteiger partial charge in [0.1, 0.15) is 5.01 Å². The average molecular weight is 414 g/mol. The van der Waals surface area contributed by atoms with Crippen molar-refractivity contribution >= 4 is 28.8 Å². The first-order chi connectivity index (χ1) is 13.6. The van der Waals surface area contributed by atoms with Gasteiger partial charge in [0.2, 0.25) is 0 Å². The minimum atomic E-state index is -0.0875. The third-order valence-corrected chi connectivity index (χ3v) is 5.83. The van der Waals surface area contributed by atoms with Gasteiger partial charge >= 0.3 is 0 Å². The second kappa shape index (κ2) is 9.22. The number of thiazole rings is 1. The van der Waals surface area contributed by atoms with Gasteiger partial charge < -0.3 is 9.88 Å². The molecule has 4 nitrogen and oxygen atoms in total. The number of halogens is 1. The summed E-state index contributed by atoms with van der Waals surface area (Å²) >= 11 is 7.89. The number of carbonyl (C=O) groups is 1. The Kier molecular flexibility index (Phi) is 6.70. The fraction of sp³-hybridized carbons (Fsp3) is 0.273. The van der Waals surface area contributed by atoms with E-state index in [1.807, 2.05) is 42.6 Å². The summed E-state index contributed by atoms with van der Waals surface area (Å²) in [5.74, 6) is -0.0875. The largest absolute Gasteiger partial charge is 0.349 e. The van der Waals surface area contributed by atoms with Crippen molar-refractivity contribution in [1.29, 1.82) is 0 Å². The summed E-state index contributed by atoms with van der Waals surface area (Å²) in [5.41, 5.74) is 4.39. The smallest absolute Gasteiger partial charge is 0.253 e. The SMILES string of the molecule is C=CCNC(=O)c1cc(-c2csc(-c3ccccc3Cl)n2)n(CCCC)c1C. The Morgan fingerprint density at radius 2 is 2.18 bits per heavy atom. The number of hydrogen-bond acceptors (Lipinski definition) is 3. The number of nitrogens with zero attached hydrogens (tertiary/aromatic N) is 2. The molecule has 0 bridgehead atoms. The van der Waals surface area contributed by atoms with Crippen LogP contribution in [0.1, 0.15) is 35.8 Å². The first-order valence-corrected chi connectivity index (χ1v) is 10.6. The number of aromatic nitrogens is 2. The topological polar surface area (TPSA) is 46.9 Å². The molecule has 2 aromatic heterocycles. The summed E-state index contributed by atoms with van der Waals surface area (Å²) in [6.45, 7) is 9.11. The molecule has 0 fully saturated rings. The Labute approximate surface area is 174 Å². The first kappa shape index (κ1) is 20.4. The van der Waals surface area contributed by atoms with Crippen LogP contribution in [0.15, 0.2) is 48.4 Å². The molecule has 0 aliphatic carbocycles. The van der Waals surface area contributed by atoms with Crippen molar-refractivity contribution in [1.82, 2.24) is 14.9 Å². The lowest BCUT2D eigenvalue weighted by Crippen LogP contribution is -2.23. The maximum absolute atomic E-state index is 12.6.